The van der Waals surface area contributed by atoms with Gasteiger partial charge in [0, 0.05) is 16.4 Å². The molecule has 0 aromatic heterocycles. The van der Waals surface area contributed by atoms with Gasteiger partial charge >= 0.3 is 5.97 Å². The van der Waals surface area contributed by atoms with Gasteiger partial charge in [0.05, 0.1) is 11.3 Å². The minimum absolute atomic E-state index is 0.0715. The van der Waals surface area contributed by atoms with Gasteiger partial charge in [-0.3, -0.25) is 0 Å². The fourth-order valence-corrected chi connectivity index (χ4v) is 3.54. The molecule has 0 aliphatic rings. The standard InChI is InChI=1S/C11H14O4S2/c1-2-17(14,15)8-7-16-10-6-4-3-5-9(10)11(12)13/h3-6H,2,7-8H2,1H3,(H,12,13). The summed E-state index contributed by atoms with van der Waals surface area (Å²) in [5.41, 5.74) is 0.214. The van der Waals surface area contributed by atoms with Crippen molar-refractivity contribution in [2.45, 2.75) is 11.8 Å². The van der Waals surface area contributed by atoms with Crippen LogP contribution in [0.5, 0.6) is 0 Å². The van der Waals surface area contributed by atoms with E-state index in [0.29, 0.717) is 10.6 Å². The first-order valence-corrected chi connectivity index (χ1v) is 7.92. The number of carboxylic acids is 1. The van der Waals surface area contributed by atoms with Crippen molar-refractivity contribution in [3.8, 4) is 0 Å². The Kier molecular flexibility index (Phi) is 5.02. The Balaban J connectivity index is 2.67. The summed E-state index contributed by atoms with van der Waals surface area (Å²) in [5.74, 6) is -0.428. The van der Waals surface area contributed by atoms with Gasteiger partial charge in [0.2, 0.25) is 0 Å². The minimum atomic E-state index is -2.99. The van der Waals surface area contributed by atoms with Crippen LogP contribution in [0.1, 0.15) is 17.3 Å². The van der Waals surface area contributed by atoms with Gasteiger partial charge in [-0.05, 0) is 12.1 Å². The van der Waals surface area contributed by atoms with E-state index in [1.807, 2.05) is 0 Å². The molecule has 0 aliphatic heterocycles. The van der Waals surface area contributed by atoms with E-state index in [0.717, 1.165) is 0 Å². The van der Waals surface area contributed by atoms with Crippen molar-refractivity contribution in [2.24, 2.45) is 0 Å². The van der Waals surface area contributed by atoms with Crippen molar-refractivity contribution in [1.82, 2.24) is 0 Å². The van der Waals surface area contributed by atoms with E-state index < -0.39 is 15.8 Å². The monoisotopic (exact) mass is 274 g/mol. The van der Waals surface area contributed by atoms with Crippen molar-refractivity contribution >= 4 is 27.6 Å². The highest BCUT2D eigenvalue weighted by Gasteiger charge is 2.11. The molecule has 0 heterocycles. The zero-order chi connectivity index (χ0) is 12.9. The molecule has 94 valence electrons. The number of rotatable bonds is 6. The van der Waals surface area contributed by atoms with Crippen LogP contribution in [0.15, 0.2) is 29.2 Å². The Morgan fingerprint density at radius 1 is 1.35 bits per heavy atom. The second-order valence-electron chi connectivity index (χ2n) is 3.39. The molecular formula is C11H14O4S2. The smallest absolute Gasteiger partial charge is 0.336 e. The highest BCUT2D eigenvalue weighted by molar-refractivity contribution is 8.00. The summed E-state index contributed by atoms with van der Waals surface area (Å²) >= 11 is 1.26. The normalized spacial score (nSPS) is 11.4. The first kappa shape index (κ1) is 14.1. The van der Waals surface area contributed by atoms with E-state index in [-0.39, 0.29) is 17.1 Å². The van der Waals surface area contributed by atoms with Gasteiger partial charge in [-0.1, -0.05) is 19.1 Å². The fourth-order valence-electron chi connectivity index (χ4n) is 1.19. The highest BCUT2D eigenvalue weighted by Crippen LogP contribution is 2.22. The number of aromatic carboxylic acids is 1. The van der Waals surface area contributed by atoms with Gasteiger partial charge in [0.25, 0.3) is 0 Å². The Hall–Kier alpha value is -1.01. The first-order valence-electron chi connectivity index (χ1n) is 5.12. The summed E-state index contributed by atoms with van der Waals surface area (Å²) in [6.07, 6.45) is 0. The largest absolute Gasteiger partial charge is 0.478 e. The van der Waals surface area contributed by atoms with Crippen LogP contribution < -0.4 is 0 Å². The average molecular weight is 274 g/mol. The van der Waals surface area contributed by atoms with Gasteiger partial charge < -0.3 is 5.11 Å². The van der Waals surface area contributed by atoms with Gasteiger partial charge in [0.1, 0.15) is 0 Å². The van der Waals surface area contributed by atoms with E-state index >= 15 is 0 Å². The lowest BCUT2D eigenvalue weighted by molar-refractivity contribution is 0.0693. The molecule has 1 N–H and O–H groups in total. The van der Waals surface area contributed by atoms with Crippen LogP contribution in [0.25, 0.3) is 0 Å². The molecule has 4 nitrogen and oxygen atoms in total. The molecule has 6 heteroatoms. The molecule has 1 aromatic rings. The zero-order valence-corrected chi connectivity index (χ0v) is 11.1. The molecule has 0 saturated heterocycles. The van der Waals surface area contributed by atoms with Crippen LogP contribution in [-0.4, -0.2) is 36.8 Å². The zero-order valence-electron chi connectivity index (χ0n) is 9.42. The summed E-state index contributed by atoms with van der Waals surface area (Å²) in [7, 11) is -2.99. The van der Waals surface area contributed by atoms with Crippen LogP contribution in [0, 0.1) is 0 Å². The molecule has 0 bridgehead atoms. The predicted molar refractivity (Wildman–Crippen MR) is 68.5 cm³/mol. The SMILES string of the molecule is CCS(=O)(=O)CCSc1ccccc1C(=O)O. The number of carboxylic acid groups (broad SMARTS) is 1. The molecule has 0 atom stereocenters. The summed E-state index contributed by atoms with van der Waals surface area (Å²) < 4.78 is 22.6. The lowest BCUT2D eigenvalue weighted by Crippen LogP contribution is -2.10. The Labute approximate surface area is 105 Å². The van der Waals surface area contributed by atoms with Crippen molar-refractivity contribution in [2.75, 3.05) is 17.3 Å². The van der Waals surface area contributed by atoms with Gasteiger partial charge in [0.15, 0.2) is 9.84 Å². The molecule has 17 heavy (non-hydrogen) atoms. The van der Waals surface area contributed by atoms with Gasteiger partial charge in [-0.15, -0.1) is 11.8 Å². The highest BCUT2D eigenvalue weighted by atomic mass is 32.2. The third-order valence-electron chi connectivity index (χ3n) is 2.21. The van der Waals surface area contributed by atoms with E-state index in [1.165, 1.54) is 17.8 Å². The molecule has 0 spiro atoms. The van der Waals surface area contributed by atoms with Crippen LogP contribution in [0.4, 0.5) is 0 Å². The van der Waals surface area contributed by atoms with Crippen LogP contribution >= 0.6 is 11.8 Å². The number of sulfone groups is 1. The lowest BCUT2D eigenvalue weighted by Gasteiger charge is -2.05. The fraction of sp³-hybridized carbons (Fsp3) is 0.364. The third kappa shape index (κ3) is 4.40. The molecule has 0 saturated carbocycles. The Morgan fingerprint density at radius 3 is 2.59 bits per heavy atom. The van der Waals surface area contributed by atoms with Crippen molar-refractivity contribution in [3.63, 3.8) is 0 Å². The van der Waals surface area contributed by atoms with E-state index in [1.54, 1.807) is 25.1 Å². The van der Waals surface area contributed by atoms with Gasteiger partial charge in [-0.25, -0.2) is 13.2 Å². The topological polar surface area (TPSA) is 71.4 Å². The summed E-state index contributed by atoms with van der Waals surface area (Å²) in [4.78, 5) is 11.5. The second kappa shape index (κ2) is 6.07. The van der Waals surface area contributed by atoms with Crippen molar-refractivity contribution in [3.05, 3.63) is 29.8 Å². The lowest BCUT2D eigenvalue weighted by atomic mass is 10.2. The molecule has 1 aromatic carbocycles. The molecule has 0 unspecified atom stereocenters. The van der Waals surface area contributed by atoms with Crippen molar-refractivity contribution < 1.29 is 18.3 Å². The Bertz CT molecular complexity index is 494. The number of carbonyl (C=O) groups is 1. The Morgan fingerprint density at radius 2 is 2.00 bits per heavy atom. The third-order valence-corrected chi connectivity index (χ3v) is 5.25. The first-order chi connectivity index (χ1) is 7.96. The molecule has 0 radical (unpaired) electrons. The summed E-state index contributed by atoms with van der Waals surface area (Å²) in [5, 5.41) is 8.94. The second-order valence-corrected chi connectivity index (χ2v) is 7.00. The average Bonchev–Trinajstić information content (AvgIpc) is 2.29. The summed E-state index contributed by atoms with van der Waals surface area (Å²) in [6.45, 7) is 1.60. The molecule has 0 fully saturated rings. The number of thioether (sulfide) groups is 1. The maximum Gasteiger partial charge on any atom is 0.336 e. The molecular weight excluding hydrogens is 260 g/mol. The van der Waals surface area contributed by atoms with Gasteiger partial charge in [-0.2, -0.15) is 0 Å². The molecule has 0 amide bonds. The van der Waals surface area contributed by atoms with Crippen molar-refractivity contribution in [1.29, 1.82) is 0 Å². The van der Waals surface area contributed by atoms with Crippen LogP contribution in [0.2, 0.25) is 0 Å². The molecule has 1 rings (SSSR count). The quantitative estimate of drug-likeness (QED) is 0.802. The maximum atomic E-state index is 11.3. The van der Waals surface area contributed by atoms with E-state index in [4.69, 9.17) is 5.11 Å². The minimum Gasteiger partial charge on any atom is -0.478 e. The molecule has 0 aliphatic carbocycles. The van der Waals surface area contributed by atoms with Crippen LogP contribution in [-0.2, 0) is 9.84 Å². The maximum absolute atomic E-state index is 11.3. The predicted octanol–water partition coefficient (Wildman–Crippen LogP) is 1.91. The van der Waals surface area contributed by atoms with Crippen LogP contribution in [0.3, 0.4) is 0 Å². The number of hydrogen-bond acceptors (Lipinski definition) is 4. The summed E-state index contributed by atoms with van der Waals surface area (Å²) in [6, 6.07) is 6.59. The van der Waals surface area contributed by atoms with E-state index in [2.05, 4.69) is 0 Å². The van der Waals surface area contributed by atoms with E-state index in [9.17, 15) is 13.2 Å². The number of benzene rings is 1. The number of hydrogen-bond donors (Lipinski definition) is 1.